The predicted molar refractivity (Wildman–Crippen MR) is 67.6 cm³/mol. The third-order valence-electron chi connectivity index (χ3n) is 2.01. The molecule has 15 heavy (non-hydrogen) atoms. The summed E-state index contributed by atoms with van der Waals surface area (Å²) in [5.74, 6) is 0.699. The molecule has 78 valence electrons. The van der Waals surface area contributed by atoms with E-state index in [9.17, 15) is 0 Å². The van der Waals surface area contributed by atoms with Gasteiger partial charge in [-0.15, -0.1) is 0 Å². The van der Waals surface area contributed by atoms with Gasteiger partial charge in [0.1, 0.15) is 5.69 Å². The summed E-state index contributed by atoms with van der Waals surface area (Å²) in [6.07, 6.45) is 1.40. The zero-order valence-corrected chi connectivity index (χ0v) is 10.6. The number of nitrogens with two attached hydrogens (primary N) is 1. The number of halogens is 2. The average molecular weight is 335 g/mol. The van der Waals surface area contributed by atoms with Gasteiger partial charge >= 0.3 is 0 Å². The molecule has 0 saturated carbocycles. The minimum absolute atomic E-state index is 0.356. The van der Waals surface area contributed by atoms with Crippen molar-refractivity contribution in [2.75, 3.05) is 0 Å². The Morgan fingerprint density at radius 1 is 1.47 bits per heavy atom. The average Bonchev–Trinajstić information content (AvgIpc) is 2.69. The van der Waals surface area contributed by atoms with Crippen molar-refractivity contribution >= 4 is 34.2 Å². The van der Waals surface area contributed by atoms with Gasteiger partial charge in [-0.05, 0) is 40.8 Å². The molecule has 0 saturated heterocycles. The van der Waals surface area contributed by atoms with Crippen LogP contribution in [0.4, 0.5) is 0 Å². The van der Waals surface area contributed by atoms with Crippen molar-refractivity contribution in [3.63, 3.8) is 0 Å². The molecule has 0 bridgehead atoms. The molecule has 1 aromatic heterocycles. The second kappa shape index (κ2) is 4.51. The molecule has 5 heteroatoms. The lowest BCUT2D eigenvalue weighted by Gasteiger charge is -2.03. The maximum Gasteiger partial charge on any atom is 0.181 e. The maximum absolute atomic E-state index is 5.93. The van der Waals surface area contributed by atoms with Gasteiger partial charge in [0.2, 0.25) is 0 Å². The fourth-order valence-electron chi connectivity index (χ4n) is 1.31. The van der Waals surface area contributed by atoms with Crippen LogP contribution in [0.5, 0.6) is 0 Å². The Kier molecular flexibility index (Phi) is 3.28. The maximum atomic E-state index is 5.93. The van der Waals surface area contributed by atoms with Crippen molar-refractivity contribution < 1.29 is 4.42 Å². The van der Waals surface area contributed by atoms with Gasteiger partial charge < -0.3 is 10.2 Å². The third kappa shape index (κ3) is 2.16. The molecule has 0 amide bonds. The van der Waals surface area contributed by atoms with Crippen molar-refractivity contribution in [1.29, 1.82) is 0 Å². The van der Waals surface area contributed by atoms with Crippen molar-refractivity contribution in [2.24, 2.45) is 5.73 Å². The predicted octanol–water partition coefficient (Wildman–Crippen LogP) is 3.06. The molecule has 0 spiro atoms. The highest BCUT2D eigenvalue weighted by Crippen LogP contribution is 2.30. The van der Waals surface area contributed by atoms with Gasteiger partial charge in [0.15, 0.2) is 12.2 Å². The number of benzene rings is 1. The molecule has 2 rings (SSSR count). The smallest absolute Gasteiger partial charge is 0.181 e. The molecule has 0 unspecified atom stereocenters. The summed E-state index contributed by atoms with van der Waals surface area (Å²) in [6.45, 7) is 0.356. The highest BCUT2D eigenvalue weighted by Gasteiger charge is 2.12. The van der Waals surface area contributed by atoms with E-state index in [2.05, 4.69) is 27.6 Å². The molecule has 3 nitrogen and oxygen atoms in total. The van der Waals surface area contributed by atoms with E-state index in [1.54, 1.807) is 0 Å². The molecule has 1 aromatic carbocycles. The SMILES string of the molecule is NCc1ncoc1-c1cc(Cl)ccc1I. The Labute approximate surface area is 106 Å². The van der Waals surface area contributed by atoms with Crippen LogP contribution < -0.4 is 5.73 Å². The Balaban J connectivity index is 2.58. The van der Waals surface area contributed by atoms with Crippen molar-refractivity contribution in [2.45, 2.75) is 6.54 Å². The molecule has 0 radical (unpaired) electrons. The van der Waals surface area contributed by atoms with Crippen LogP contribution >= 0.6 is 34.2 Å². The first-order valence-corrected chi connectivity index (χ1v) is 5.76. The third-order valence-corrected chi connectivity index (χ3v) is 3.18. The second-order valence-electron chi connectivity index (χ2n) is 2.96. The monoisotopic (exact) mass is 334 g/mol. The van der Waals surface area contributed by atoms with Crippen LogP contribution in [0, 0.1) is 3.57 Å². The molecular weight excluding hydrogens is 326 g/mol. The first kappa shape index (κ1) is 10.9. The Hall–Kier alpha value is -0.590. The fraction of sp³-hybridized carbons (Fsp3) is 0.100. The van der Waals surface area contributed by atoms with Crippen LogP contribution in [0.25, 0.3) is 11.3 Å². The molecule has 0 aliphatic heterocycles. The lowest BCUT2D eigenvalue weighted by atomic mass is 10.1. The van der Waals surface area contributed by atoms with Crippen LogP contribution in [0.1, 0.15) is 5.69 Å². The van der Waals surface area contributed by atoms with Gasteiger partial charge in [-0.3, -0.25) is 0 Å². The quantitative estimate of drug-likeness (QED) is 0.859. The largest absolute Gasteiger partial charge is 0.443 e. The van der Waals surface area contributed by atoms with E-state index in [1.807, 2.05) is 18.2 Å². The van der Waals surface area contributed by atoms with Crippen LogP contribution in [0.15, 0.2) is 29.0 Å². The van der Waals surface area contributed by atoms with E-state index in [0.29, 0.717) is 17.3 Å². The second-order valence-corrected chi connectivity index (χ2v) is 4.56. The highest BCUT2D eigenvalue weighted by atomic mass is 127. The van der Waals surface area contributed by atoms with E-state index in [-0.39, 0.29) is 0 Å². The fourth-order valence-corrected chi connectivity index (χ4v) is 2.06. The number of hydrogen-bond acceptors (Lipinski definition) is 3. The van der Waals surface area contributed by atoms with Crippen LogP contribution in [0.3, 0.4) is 0 Å². The van der Waals surface area contributed by atoms with Crippen LogP contribution in [-0.4, -0.2) is 4.98 Å². The standard InChI is InChI=1S/C10H8ClIN2O/c11-6-1-2-8(12)7(3-6)10-9(4-13)14-5-15-10/h1-3,5H,4,13H2. The first-order chi connectivity index (χ1) is 7.22. The Morgan fingerprint density at radius 3 is 3.00 bits per heavy atom. The molecule has 0 atom stereocenters. The number of nitrogens with zero attached hydrogens (tertiary/aromatic N) is 1. The van der Waals surface area contributed by atoms with Crippen molar-refractivity contribution in [1.82, 2.24) is 4.98 Å². The van der Waals surface area contributed by atoms with Gasteiger partial charge in [0.05, 0.1) is 0 Å². The zero-order chi connectivity index (χ0) is 10.8. The van der Waals surface area contributed by atoms with Crippen molar-refractivity contribution in [3.05, 3.63) is 38.9 Å². The normalized spacial score (nSPS) is 10.6. The first-order valence-electron chi connectivity index (χ1n) is 4.30. The summed E-state index contributed by atoms with van der Waals surface area (Å²) in [6, 6.07) is 5.62. The zero-order valence-electron chi connectivity index (χ0n) is 7.71. The highest BCUT2D eigenvalue weighted by molar-refractivity contribution is 14.1. The number of rotatable bonds is 2. The van der Waals surface area contributed by atoms with Gasteiger partial charge in [0.25, 0.3) is 0 Å². The molecule has 0 aliphatic rings. The molecular formula is C10H8ClIN2O. The topological polar surface area (TPSA) is 52.0 Å². The van der Waals surface area contributed by atoms with Gasteiger partial charge in [-0.2, -0.15) is 0 Å². The van der Waals surface area contributed by atoms with Crippen molar-refractivity contribution in [3.8, 4) is 11.3 Å². The van der Waals surface area contributed by atoms with E-state index < -0.39 is 0 Å². The van der Waals surface area contributed by atoms with E-state index >= 15 is 0 Å². The van der Waals surface area contributed by atoms with Gasteiger partial charge in [-0.1, -0.05) is 11.6 Å². The number of hydrogen-bond donors (Lipinski definition) is 1. The van der Waals surface area contributed by atoms with Gasteiger partial charge in [-0.25, -0.2) is 4.98 Å². The lowest BCUT2D eigenvalue weighted by Crippen LogP contribution is -1.98. The van der Waals surface area contributed by atoms with E-state index in [1.165, 1.54) is 6.39 Å². The van der Waals surface area contributed by atoms with Crippen LogP contribution in [0.2, 0.25) is 5.02 Å². The Morgan fingerprint density at radius 2 is 2.27 bits per heavy atom. The Bertz CT molecular complexity index is 484. The summed E-state index contributed by atoms with van der Waals surface area (Å²) in [5, 5.41) is 0.671. The molecule has 2 N–H and O–H groups in total. The molecule has 1 heterocycles. The number of oxazole rings is 1. The summed E-state index contributed by atoms with van der Waals surface area (Å²) < 4.78 is 6.38. The summed E-state index contributed by atoms with van der Waals surface area (Å²) in [4.78, 5) is 4.04. The minimum atomic E-state index is 0.356. The summed E-state index contributed by atoms with van der Waals surface area (Å²) in [7, 11) is 0. The number of aromatic nitrogens is 1. The van der Waals surface area contributed by atoms with Gasteiger partial charge in [0, 0.05) is 20.7 Å². The van der Waals surface area contributed by atoms with Crippen LogP contribution in [-0.2, 0) is 6.54 Å². The van der Waals surface area contributed by atoms with E-state index in [4.69, 9.17) is 21.8 Å². The lowest BCUT2D eigenvalue weighted by molar-refractivity contribution is 0.570. The molecule has 2 aromatic rings. The summed E-state index contributed by atoms with van der Waals surface area (Å²) >= 11 is 8.16. The minimum Gasteiger partial charge on any atom is -0.443 e. The molecule has 0 fully saturated rings. The summed E-state index contributed by atoms with van der Waals surface area (Å²) in [5.41, 5.74) is 7.24. The van der Waals surface area contributed by atoms with E-state index in [0.717, 1.165) is 14.8 Å². The molecule has 0 aliphatic carbocycles.